The number of aryl methyl sites for hydroxylation is 1. The van der Waals surface area contributed by atoms with E-state index in [2.05, 4.69) is 28.5 Å². The highest BCUT2D eigenvalue weighted by atomic mass is 32.2. The van der Waals surface area contributed by atoms with Crippen LogP contribution in [0, 0.1) is 0 Å². The van der Waals surface area contributed by atoms with E-state index in [0.29, 0.717) is 10.9 Å². The molecule has 2 heterocycles. The van der Waals surface area contributed by atoms with E-state index >= 15 is 0 Å². The van der Waals surface area contributed by atoms with Gasteiger partial charge in [-0.3, -0.25) is 4.79 Å². The van der Waals surface area contributed by atoms with Crippen molar-refractivity contribution < 1.29 is 4.79 Å². The van der Waals surface area contributed by atoms with Gasteiger partial charge in [0, 0.05) is 18.8 Å². The lowest BCUT2D eigenvalue weighted by Gasteiger charge is -2.22. The summed E-state index contributed by atoms with van der Waals surface area (Å²) in [4.78, 5) is 14.3. The number of fused-ring (bicyclic) bond motifs is 1. The van der Waals surface area contributed by atoms with E-state index in [-0.39, 0.29) is 11.9 Å². The molecule has 0 aliphatic carbocycles. The average Bonchev–Trinajstić information content (AvgIpc) is 2.98. The van der Waals surface area contributed by atoms with Gasteiger partial charge in [-0.1, -0.05) is 30.0 Å². The van der Waals surface area contributed by atoms with Crippen molar-refractivity contribution in [3.63, 3.8) is 0 Å². The number of rotatable bonds is 3. The summed E-state index contributed by atoms with van der Waals surface area (Å²) in [6, 6.07) is 8.28. The monoisotopic (exact) mass is 289 g/mol. The standard InChI is InChI=1S/C13H15N5OS/c1-9-7-10-5-3-4-6-11(10)18(9)12(19)8-20-13-14-15-16-17(13)2/h3-6,9H,7-8H2,1-2H3/t9-/m1/s1. The zero-order chi connectivity index (χ0) is 14.1. The topological polar surface area (TPSA) is 63.9 Å². The smallest absolute Gasteiger partial charge is 0.237 e. The number of tetrazole rings is 1. The van der Waals surface area contributed by atoms with Crippen LogP contribution in [-0.2, 0) is 18.3 Å². The van der Waals surface area contributed by atoms with E-state index in [1.807, 2.05) is 23.1 Å². The molecule has 20 heavy (non-hydrogen) atoms. The van der Waals surface area contributed by atoms with Crippen molar-refractivity contribution in [2.45, 2.75) is 24.5 Å². The summed E-state index contributed by atoms with van der Waals surface area (Å²) in [6.45, 7) is 2.08. The summed E-state index contributed by atoms with van der Waals surface area (Å²) >= 11 is 1.36. The molecule has 0 unspecified atom stereocenters. The minimum atomic E-state index is 0.0930. The number of anilines is 1. The SMILES string of the molecule is C[C@@H]1Cc2ccccc2N1C(=O)CSc1nnnn1C. The first-order chi connectivity index (χ1) is 9.66. The van der Waals surface area contributed by atoms with E-state index in [0.717, 1.165) is 12.1 Å². The Hall–Kier alpha value is -1.89. The maximum atomic E-state index is 12.5. The Balaban J connectivity index is 1.73. The van der Waals surface area contributed by atoms with E-state index in [1.165, 1.54) is 17.3 Å². The molecular weight excluding hydrogens is 274 g/mol. The Kier molecular flexibility index (Phi) is 3.43. The third-order valence-electron chi connectivity index (χ3n) is 3.38. The molecule has 1 amide bonds. The van der Waals surface area contributed by atoms with Crippen molar-refractivity contribution in [2.75, 3.05) is 10.7 Å². The predicted molar refractivity (Wildman–Crippen MR) is 76.6 cm³/mol. The summed E-state index contributed by atoms with van der Waals surface area (Å²) < 4.78 is 1.57. The normalized spacial score (nSPS) is 17.3. The number of nitrogens with zero attached hydrogens (tertiary/aromatic N) is 5. The number of para-hydroxylation sites is 1. The number of hydrogen-bond acceptors (Lipinski definition) is 5. The van der Waals surface area contributed by atoms with Gasteiger partial charge in [0.2, 0.25) is 11.1 Å². The molecule has 0 saturated carbocycles. The van der Waals surface area contributed by atoms with Crippen molar-refractivity contribution in [3.8, 4) is 0 Å². The van der Waals surface area contributed by atoms with Gasteiger partial charge in [-0.05, 0) is 35.4 Å². The van der Waals surface area contributed by atoms with E-state index < -0.39 is 0 Å². The first-order valence-electron chi connectivity index (χ1n) is 6.42. The van der Waals surface area contributed by atoms with Crippen molar-refractivity contribution in [1.29, 1.82) is 0 Å². The third-order valence-corrected chi connectivity index (χ3v) is 4.38. The Bertz CT molecular complexity index is 641. The van der Waals surface area contributed by atoms with Gasteiger partial charge in [0.1, 0.15) is 0 Å². The molecule has 7 heteroatoms. The van der Waals surface area contributed by atoms with Crippen LogP contribution in [0.15, 0.2) is 29.4 Å². The molecule has 104 valence electrons. The number of aromatic nitrogens is 4. The predicted octanol–water partition coefficient (Wildman–Crippen LogP) is 1.28. The van der Waals surface area contributed by atoms with Crippen molar-refractivity contribution in [2.24, 2.45) is 7.05 Å². The second kappa shape index (κ2) is 5.24. The van der Waals surface area contributed by atoms with Gasteiger partial charge < -0.3 is 4.90 Å². The molecular formula is C13H15N5OS. The Morgan fingerprint density at radius 3 is 3.00 bits per heavy atom. The summed E-state index contributed by atoms with van der Waals surface area (Å²) in [5.74, 6) is 0.433. The van der Waals surface area contributed by atoms with Crippen LogP contribution in [0.3, 0.4) is 0 Å². The molecule has 0 spiro atoms. The van der Waals surface area contributed by atoms with E-state index in [9.17, 15) is 4.79 Å². The van der Waals surface area contributed by atoms with Gasteiger partial charge in [-0.2, -0.15) is 0 Å². The molecule has 0 fully saturated rings. The Morgan fingerprint density at radius 2 is 2.25 bits per heavy atom. The summed E-state index contributed by atoms with van der Waals surface area (Å²) in [6.07, 6.45) is 0.915. The van der Waals surface area contributed by atoms with Crippen LogP contribution in [0.1, 0.15) is 12.5 Å². The molecule has 2 aromatic rings. The lowest BCUT2D eigenvalue weighted by atomic mass is 10.1. The van der Waals surface area contributed by atoms with Gasteiger partial charge in [-0.15, -0.1) is 5.10 Å². The van der Waals surface area contributed by atoms with Crippen molar-refractivity contribution in [1.82, 2.24) is 20.2 Å². The number of carbonyl (C=O) groups excluding carboxylic acids is 1. The fraction of sp³-hybridized carbons (Fsp3) is 0.385. The average molecular weight is 289 g/mol. The van der Waals surface area contributed by atoms with Crippen LogP contribution < -0.4 is 4.90 Å². The quantitative estimate of drug-likeness (QED) is 0.796. The summed E-state index contributed by atoms with van der Waals surface area (Å²) in [5, 5.41) is 11.8. The number of thioether (sulfide) groups is 1. The molecule has 0 saturated heterocycles. The van der Waals surface area contributed by atoms with Crippen LogP contribution in [0.2, 0.25) is 0 Å². The fourth-order valence-corrected chi connectivity index (χ4v) is 3.19. The largest absolute Gasteiger partial charge is 0.308 e. The fourth-order valence-electron chi connectivity index (χ4n) is 2.48. The molecule has 0 N–H and O–H groups in total. The molecule has 1 aromatic carbocycles. The zero-order valence-electron chi connectivity index (χ0n) is 11.4. The number of hydrogen-bond donors (Lipinski definition) is 0. The maximum absolute atomic E-state index is 12.5. The maximum Gasteiger partial charge on any atom is 0.237 e. The van der Waals surface area contributed by atoms with Crippen LogP contribution in [-0.4, -0.2) is 37.9 Å². The molecule has 1 aromatic heterocycles. The number of benzene rings is 1. The lowest BCUT2D eigenvalue weighted by Crippen LogP contribution is -2.37. The first-order valence-corrected chi connectivity index (χ1v) is 7.40. The van der Waals surface area contributed by atoms with E-state index in [4.69, 9.17) is 0 Å². The van der Waals surface area contributed by atoms with Gasteiger partial charge in [0.25, 0.3) is 0 Å². The third kappa shape index (κ3) is 2.29. The molecule has 3 rings (SSSR count). The summed E-state index contributed by atoms with van der Waals surface area (Å²) in [5.41, 5.74) is 2.26. The second-order valence-electron chi connectivity index (χ2n) is 4.82. The van der Waals surface area contributed by atoms with Gasteiger partial charge in [-0.25, -0.2) is 4.68 Å². The van der Waals surface area contributed by atoms with Crippen LogP contribution in [0.25, 0.3) is 0 Å². The Morgan fingerprint density at radius 1 is 1.45 bits per heavy atom. The van der Waals surface area contributed by atoms with Gasteiger partial charge in [0.05, 0.1) is 5.75 Å². The second-order valence-corrected chi connectivity index (χ2v) is 5.76. The van der Waals surface area contributed by atoms with Gasteiger partial charge >= 0.3 is 0 Å². The minimum Gasteiger partial charge on any atom is -0.308 e. The molecule has 0 radical (unpaired) electrons. The zero-order valence-corrected chi connectivity index (χ0v) is 12.2. The molecule has 6 nitrogen and oxygen atoms in total. The van der Waals surface area contributed by atoms with Crippen LogP contribution >= 0.6 is 11.8 Å². The van der Waals surface area contributed by atoms with Gasteiger partial charge in [0.15, 0.2) is 0 Å². The van der Waals surface area contributed by atoms with Crippen LogP contribution in [0.5, 0.6) is 0 Å². The molecule has 1 atom stereocenters. The lowest BCUT2D eigenvalue weighted by molar-refractivity contribution is -0.116. The van der Waals surface area contributed by atoms with Crippen molar-refractivity contribution in [3.05, 3.63) is 29.8 Å². The van der Waals surface area contributed by atoms with Crippen molar-refractivity contribution >= 4 is 23.4 Å². The Labute approximate surface area is 121 Å². The molecule has 1 aliphatic heterocycles. The van der Waals surface area contributed by atoms with Crippen LogP contribution in [0.4, 0.5) is 5.69 Å². The number of carbonyl (C=O) groups is 1. The summed E-state index contributed by atoms with van der Waals surface area (Å²) in [7, 11) is 1.76. The molecule has 0 bridgehead atoms. The number of amides is 1. The minimum absolute atomic E-state index is 0.0930. The molecule has 1 aliphatic rings. The highest BCUT2D eigenvalue weighted by Gasteiger charge is 2.30. The highest BCUT2D eigenvalue weighted by Crippen LogP contribution is 2.32. The van der Waals surface area contributed by atoms with E-state index in [1.54, 1.807) is 11.7 Å². The first kappa shape index (κ1) is 13.1. The highest BCUT2D eigenvalue weighted by molar-refractivity contribution is 7.99.